The van der Waals surface area contributed by atoms with Gasteiger partial charge in [-0.25, -0.2) is 13.6 Å². The van der Waals surface area contributed by atoms with Gasteiger partial charge in [-0.15, -0.1) is 0 Å². The molecule has 144 valence electrons. The summed E-state index contributed by atoms with van der Waals surface area (Å²) in [6, 6.07) is 10.9. The van der Waals surface area contributed by atoms with Gasteiger partial charge in [-0.2, -0.15) is 0 Å². The number of carbonyl (C=O) groups excluding carboxylic acids is 2. The van der Waals surface area contributed by atoms with Crippen LogP contribution in [0.2, 0.25) is 0 Å². The minimum atomic E-state index is -3.91. The van der Waals surface area contributed by atoms with Crippen molar-refractivity contribution in [3.63, 3.8) is 0 Å². The molecule has 0 spiro atoms. The Morgan fingerprint density at radius 3 is 2.30 bits per heavy atom. The van der Waals surface area contributed by atoms with Crippen LogP contribution in [0.25, 0.3) is 0 Å². The third-order valence-corrected chi connectivity index (χ3v) is 5.14. The first-order valence-electron chi connectivity index (χ1n) is 8.08. The van der Waals surface area contributed by atoms with Crippen molar-refractivity contribution in [1.82, 2.24) is 5.32 Å². The summed E-state index contributed by atoms with van der Waals surface area (Å²) in [5, 5.41) is 10.6. The van der Waals surface area contributed by atoms with Crippen LogP contribution in [0, 0.1) is 0 Å². The van der Waals surface area contributed by atoms with Crippen LogP contribution in [0.3, 0.4) is 0 Å². The van der Waals surface area contributed by atoms with Crippen LogP contribution in [0.1, 0.15) is 29.8 Å². The SMILES string of the molecule is CC(C)NC(=O)Cc1ccc(NC(=O)c2cc(S(N)(=O)=O)ccc2Br)cc1. The fourth-order valence-electron chi connectivity index (χ4n) is 2.32. The van der Waals surface area contributed by atoms with Crippen molar-refractivity contribution in [1.29, 1.82) is 0 Å². The molecule has 4 N–H and O–H groups in total. The molecular formula is C18H20BrN3O4S. The van der Waals surface area contributed by atoms with E-state index in [0.717, 1.165) is 5.56 Å². The van der Waals surface area contributed by atoms with E-state index in [1.165, 1.54) is 18.2 Å². The van der Waals surface area contributed by atoms with Crippen LogP contribution >= 0.6 is 15.9 Å². The fraction of sp³-hybridized carbons (Fsp3) is 0.222. The average molecular weight is 454 g/mol. The molecule has 0 fully saturated rings. The Labute approximate surface area is 166 Å². The quantitative estimate of drug-likeness (QED) is 0.621. The summed E-state index contributed by atoms with van der Waals surface area (Å²) in [7, 11) is -3.91. The summed E-state index contributed by atoms with van der Waals surface area (Å²) in [5.41, 5.74) is 1.46. The molecule has 2 rings (SSSR count). The van der Waals surface area contributed by atoms with E-state index in [2.05, 4.69) is 26.6 Å². The molecule has 2 aromatic carbocycles. The van der Waals surface area contributed by atoms with Crippen molar-refractivity contribution in [2.24, 2.45) is 5.14 Å². The molecule has 0 aromatic heterocycles. The molecule has 0 aliphatic carbocycles. The van der Waals surface area contributed by atoms with Crippen LogP contribution in [0.15, 0.2) is 51.8 Å². The number of rotatable bonds is 6. The molecule has 0 heterocycles. The number of benzene rings is 2. The summed E-state index contributed by atoms with van der Waals surface area (Å²) in [6.07, 6.45) is 0.244. The first-order chi connectivity index (χ1) is 12.6. The Kier molecular flexibility index (Phi) is 6.74. The predicted molar refractivity (Wildman–Crippen MR) is 107 cm³/mol. The second-order valence-electron chi connectivity index (χ2n) is 6.24. The van der Waals surface area contributed by atoms with Crippen molar-refractivity contribution in [2.75, 3.05) is 5.32 Å². The lowest BCUT2D eigenvalue weighted by molar-refractivity contribution is -0.120. The van der Waals surface area contributed by atoms with Crippen molar-refractivity contribution >= 4 is 43.5 Å². The molecule has 0 radical (unpaired) electrons. The number of carbonyl (C=O) groups is 2. The Morgan fingerprint density at radius 2 is 1.74 bits per heavy atom. The smallest absolute Gasteiger partial charge is 0.256 e. The minimum Gasteiger partial charge on any atom is -0.354 e. The van der Waals surface area contributed by atoms with E-state index in [1.54, 1.807) is 24.3 Å². The molecule has 0 saturated heterocycles. The van der Waals surface area contributed by atoms with Gasteiger partial charge in [0, 0.05) is 16.2 Å². The molecule has 0 bridgehead atoms. The largest absolute Gasteiger partial charge is 0.354 e. The summed E-state index contributed by atoms with van der Waals surface area (Å²) >= 11 is 3.23. The number of halogens is 1. The highest BCUT2D eigenvalue weighted by Crippen LogP contribution is 2.22. The van der Waals surface area contributed by atoms with Gasteiger partial charge in [0.2, 0.25) is 15.9 Å². The Morgan fingerprint density at radius 1 is 1.11 bits per heavy atom. The standard InChI is InChI=1S/C18H20BrN3O4S/c1-11(2)21-17(23)9-12-3-5-13(6-4-12)22-18(24)15-10-14(27(20,25)26)7-8-16(15)19/h3-8,10-11H,9H2,1-2H3,(H,21,23)(H,22,24)(H2,20,25,26). The molecule has 2 aromatic rings. The normalized spacial score (nSPS) is 11.3. The fourth-order valence-corrected chi connectivity index (χ4v) is 3.28. The number of nitrogens with one attached hydrogen (secondary N) is 2. The molecule has 0 saturated carbocycles. The van der Waals surface area contributed by atoms with Crippen LogP contribution in [-0.4, -0.2) is 26.3 Å². The van der Waals surface area contributed by atoms with E-state index in [-0.39, 0.29) is 28.8 Å². The second-order valence-corrected chi connectivity index (χ2v) is 8.65. The van der Waals surface area contributed by atoms with Crippen molar-refractivity contribution in [3.8, 4) is 0 Å². The topological polar surface area (TPSA) is 118 Å². The molecular weight excluding hydrogens is 434 g/mol. The maximum Gasteiger partial charge on any atom is 0.256 e. The Bertz CT molecular complexity index is 957. The van der Waals surface area contributed by atoms with Crippen LogP contribution < -0.4 is 15.8 Å². The van der Waals surface area contributed by atoms with Crippen LogP contribution in [0.5, 0.6) is 0 Å². The lowest BCUT2D eigenvalue weighted by Crippen LogP contribution is -2.31. The van der Waals surface area contributed by atoms with E-state index >= 15 is 0 Å². The highest BCUT2D eigenvalue weighted by molar-refractivity contribution is 9.10. The lowest BCUT2D eigenvalue weighted by Gasteiger charge is -2.10. The van der Waals surface area contributed by atoms with Gasteiger partial charge in [-0.3, -0.25) is 9.59 Å². The highest BCUT2D eigenvalue weighted by Gasteiger charge is 2.16. The van der Waals surface area contributed by atoms with Crippen molar-refractivity contribution in [2.45, 2.75) is 31.2 Å². The van der Waals surface area contributed by atoms with E-state index < -0.39 is 15.9 Å². The molecule has 0 aliphatic heterocycles. The monoisotopic (exact) mass is 453 g/mol. The Hall–Kier alpha value is -2.23. The zero-order valence-corrected chi connectivity index (χ0v) is 17.2. The Balaban J connectivity index is 2.11. The van der Waals surface area contributed by atoms with E-state index in [9.17, 15) is 18.0 Å². The number of nitrogens with two attached hydrogens (primary N) is 1. The summed E-state index contributed by atoms with van der Waals surface area (Å²) in [5.74, 6) is -0.566. The zero-order chi connectivity index (χ0) is 20.2. The van der Waals surface area contributed by atoms with Gasteiger partial charge in [0.15, 0.2) is 0 Å². The third-order valence-electron chi connectivity index (χ3n) is 3.54. The van der Waals surface area contributed by atoms with Gasteiger partial charge < -0.3 is 10.6 Å². The first-order valence-corrected chi connectivity index (χ1v) is 10.4. The predicted octanol–water partition coefficient (Wildman–Crippen LogP) is 2.42. The number of primary sulfonamides is 1. The first kappa shape index (κ1) is 21.1. The average Bonchev–Trinajstić information content (AvgIpc) is 2.55. The minimum absolute atomic E-state index is 0.0719. The number of hydrogen-bond donors (Lipinski definition) is 3. The van der Waals surface area contributed by atoms with E-state index in [0.29, 0.717) is 10.2 Å². The number of sulfonamides is 1. The van der Waals surface area contributed by atoms with Gasteiger partial charge in [-0.05, 0) is 65.7 Å². The number of anilines is 1. The molecule has 9 heteroatoms. The van der Waals surface area contributed by atoms with Crippen LogP contribution in [-0.2, 0) is 21.2 Å². The molecule has 2 amide bonds. The van der Waals surface area contributed by atoms with E-state index in [4.69, 9.17) is 5.14 Å². The van der Waals surface area contributed by atoms with Gasteiger partial charge >= 0.3 is 0 Å². The third kappa shape index (κ3) is 6.16. The molecule has 7 nitrogen and oxygen atoms in total. The van der Waals surface area contributed by atoms with Gasteiger partial charge in [0.05, 0.1) is 16.9 Å². The zero-order valence-electron chi connectivity index (χ0n) is 14.8. The maximum absolute atomic E-state index is 12.5. The maximum atomic E-state index is 12.5. The number of hydrogen-bond acceptors (Lipinski definition) is 4. The molecule has 0 unspecified atom stereocenters. The van der Waals surface area contributed by atoms with Gasteiger partial charge in [0.1, 0.15) is 0 Å². The summed E-state index contributed by atoms with van der Waals surface area (Å²) in [4.78, 5) is 24.1. The summed E-state index contributed by atoms with van der Waals surface area (Å²) in [6.45, 7) is 3.78. The highest BCUT2D eigenvalue weighted by atomic mass is 79.9. The second kappa shape index (κ2) is 8.64. The van der Waals surface area contributed by atoms with Gasteiger partial charge in [-0.1, -0.05) is 12.1 Å². The van der Waals surface area contributed by atoms with Crippen molar-refractivity contribution in [3.05, 3.63) is 58.1 Å². The van der Waals surface area contributed by atoms with Crippen LogP contribution in [0.4, 0.5) is 5.69 Å². The number of amides is 2. The molecule has 27 heavy (non-hydrogen) atoms. The van der Waals surface area contributed by atoms with Gasteiger partial charge in [0.25, 0.3) is 5.91 Å². The summed E-state index contributed by atoms with van der Waals surface area (Å²) < 4.78 is 23.4. The van der Waals surface area contributed by atoms with E-state index in [1.807, 2.05) is 13.8 Å². The molecule has 0 aliphatic rings. The lowest BCUT2D eigenvalue weighted by atomic mass is 10.1. The molecule has 0 atom stereocenters. The van der Waals surface area contributed by atoms with Crippen molar-refractivity contribution < 1.29 is 18.0 Å².